The Kier molecular flexibility index (Phi) is 3.85. The Morgan fingerprint density at radius 3 is 2.79 bits per heavy atom. The van der Waals surface area contributed by atoms with Gasteiger partial charge in [0.2, 0.25) is 5.91 Å². The number of ether oxygens (including phenoxy) is 1. The summed E-state index contributed by atoms with van der Waals surface area (Å²) in [7, 11) is 0. The van der Waals surface area contributed by atoms with E-state index in [4.69, 9.17) is 4.74 Å². The van der Waals surface area contributed by atoms with Crippen LogP contribution in [0, 0.1) is 0 Å². The van der Waals surface area contributed by atoms with E-state index in [0.717, 1.165) is 16.5 Å². The SMILES string of the molecule is CC(=O)NCCc1c[nH]c2cccc(OC(C)=O)c12. The second-order valence-electron chi connectivity index (χ2n) is 4.32. The molecule has 0 spiro atoms. The van der Waals surface area contributed by atoms with E-state index < -0.39 is 0 Å². The molecule has 1 heterocycles. The molecule has 0 radical (unpaired) electrons. The zero-order chi connectivity index (χ0) is 13.8. The van der Waals surface area contributed by atoms with Crippen LogP contribution < -0.4 is 10.1 Å². The fraction of sp³-hybridized carbons (Fsp3) is 0.286. The standard InChI is InChI=1S/C14H16N2O3/c1-9(17)15-7-6-11-8-16-12-4-3-5-13(14(11)12)19-10(2)18/h3-5,8,16H,6-7H2,1-2H3,(H,15,17). The maximum absolute atomic E-state index is 11.1. The number of rotatable bonds is 4. The summed E-state index contributed by atoms with van der Waals surface area (Å²) in [6, 6.07) is 5.51. The molecule has 0 fully saturated rings. The summed E-state index contributed by atoms with van der Waals surface area (Å²) in [4.78, 5) is 25.1. The molecule has 0 atom stereocenters. The summed E-state index contributed by atoms with van der Waals surface area (Å²) in [6.07, 6.45) is 2.55. The lowest BCUT2D eigenvalue weighted by molar-refractivity contribution is -0.131. The third-order valence-electron chi connectivity index (χ3n) is 2.77. The zero-order valence-electron chi connectivity index (χ0n) is 10.9. The first kappa shape index (κ1) is 13.1. The van der Waals surface area contributed by atoms with Gasteiger partial charge in [0, 0.05) is 37.5 Å². The van der Waals surface area contributed by atoms with Crippen molar-refractivity contribution in [3.05, 3.63) is 30.0 Å². The number of aromatic amines is 1. The molecule has 0 saturated heterocycles. The molecule has 5 heteroatoms. The number of benzene rings is 1. The Morgan fingerprint density at radius 1 is 1.32 bits per heavy atom. The molecule has 100 valence electrons. The Bertz CT molecular complexity index is 616. The van der Waals surface area contributed by atoms with Crippen molar-refractivity contribution in [3.63, 3.8) is 0 Å². The fourth-order valence-electron chi connectivity index (χ4n) is 2.03. The first-order chi connectivity index (χ1) is 9.08. The molecule has 5 nitrogen and oxygen atoms in total. The fourth-order valence-corrected chi connectivity index (χ4v) is 2.03. The van der Waals surface area contributed by atoms with E-state index in [0.29, 0.717) is 18.7 Å². The molecule has 0 aliphatic carbocycles. The van der Waals surface area contributed by atoms with Crippen molar-refractivity contribution in [2.45, 2.75) is 20.3 Å². The molecule has 0 saturated carbocycles. The molecular formula is C14H16N2O3. The number of nitrogens with one attached hydrogen (secondary N) is 2. The van der Waals surface area contributed by atoms with Crippen LogP contribution >= 0.6 is 0 Å². The molecule has 2 N–H and O–H groups in total. The highest BCUT2D eigenvalue weighted by molar-refractivity contribution is 5.91. The van der Waals surface area contributed by atoms with Crippen molar-refractivity contribution in [1.82, 2.24) is 10.3 Å². The number of amides is 1. The van der Waals surface area contributed by atoms with Crippen molar-refractivity contribution in [3.8, 4) is 5.75 Å². The summed E-state index contributed by atoms with van der Waals surface area (Å²) < 4.78 is 5.21. The van der Waals surface area contributed by atoms with Crippen LogP contribution in [-0.2, 0) is 16.0 Å². The number of hydrogen-bond acceptors (Lipinski definition) is 3. The van der Waals surface area contributed by atoms with Gasteiger partial charge in [-0.2, -0.15) is 0 Å². The van der Waals surface area contributed by atoms with Gasteiger partial charge in [-0.25, -0.2) is 0 Å². The van der Waals surface area contributed by atoms with Crippen LogP contribution in [0.4, 0.5) is 0 Å². The van der Waals surface area contributed by atoms with Gasteiger partial charge in [0.05, 0.1) is 0 Å². The third kappa shape index (κ3) is 3.13. The summed E-state index contributed by atoms with van der Waals surface area (Å²) >= 11 is 0. The average molecular weight is 260 g/mol. The molecule has 0 unspecified atom stereocenters. The molecule has 2 aromatic rings. The quantitative estimate of drug-likeness (QED) is 0.650. The largest absolute Gasteiger partial charge is 0.426 e. The van der Waals surface area contributed by atoms with Crippen LogP contribution in [-0.4, -0.2) is 23.4 Å². The normalized spacial score (nSPS) is 10.4. The number of esters is 1. The van der Waals surface area contributed by atoms with Gasteiger partial charge in [-0.15, -0.1) is 0 Å². The number of H-pyrrole nitrogens is 1. The highest BCUT2D eigenvalue weighted by atomic mass is 16.5. The van der Waals surface area contributed by atoms with Crippen LogP contribution in [0.15, 0.2) is 24.4 Å². The summed E-state index contributed by atoms with van der Waals surface area (Å²) in [5.74, 6) is 0.144. The van der Waals surface area contributed by atoms with Crippen molar-refractivity contribution < 1.29 is 14.3 Å². The monoisotopic (exact) mass is 260 g/mol. The van der Waals surface area contributed by atoms with E-state index in [1.807, 2.05) is 18.3 Å². The highest BCUT2D eigenvalue weighted by Crippen LogP contribution is 2.29. The number of fused-ring (bicyclic) bond motifs is 1. The third-order valence-corrected chi connectivity index (χ3v) is 2.77. The maximum Gasteiger partial charge on any atom is 0.308 e. The van der Waals surface area contributed by atoms with E-state index in [9.17, 15) is 9.59 Å². The minimum Gasteiger partial charge on any atom is -0.426 e. The van der Waals surface area contributed by atoms with Crippen molar-refractivity contribution in [2.24, 2.45) is 0 Å². The molecule has 1 aromatic heterocycles. The average Bonchev–Trinajstić information content (AvgIpc) is 2.72. The van der Waals surface area contributed by atoms with Gasteiger partial charge in [-0.1, -0.05) is 6.07 Å². The summed E-state index contributed by atoms with van der Waals surface area (Å²) in [5, 5.41) is 3.64. The predicted molar refractivity (Wildman–Crippen MR) is 72.0 cm³/mol. The van der Waals surface area contributed by atoms with Crippen molar-refractivity contribution >= 4 is 22.8 Å². The van der Waals surface area contributed by atoms with Crippen LogP contribution in [0.5, 0.6) is 5.75 Å². The van der Waals surface area contributed by atoms with Gasteiger partial charge in [0.1, 0.15) is 5.75 Å². The van der Waals surface area contributed by atoms with Crippen molar-refractivity contribution in [2.75, 3.05) is 6.54 Å². The van der Waals surface area contributed by atoms with E-state index >= 15 is 0 Å². The first-order valence-electron chi connectivity index (χ1n) is 6.09. The predicted octanol–water partition coefficient (Wildman–Crippen LogP) is 1.77. The Hall–Kier alpha value is -2.30. The van der Waals surface area contributed by atoms with Crippen LogP contribution in [0.2, 0.25) is 0 Å². The second kappa shape index (κ2) is 5.56. The molecule has 1 amide bonds. The van der Waals surface area contributed by atoms with E-state index in [2.05, 4.69) is 10.3 Å². The van der Waals surface area contributed by atoms with E-state index in [1.165, 1.54) is 13.8 Å². The van der Waals surface area contributed by atoms with Gasteiger partial charge >= 0.3 is 5.97 Å². The number of hydrogen-bond donors (Lipinski definition) is 2. The van der Waals surface area contributed by atoms with Crippen molar-refractivity contribution in [1.29, 1.82) is 0 Å². The van der Waals surface area contributed by atoms with Gasteiger partial charge in [0.25, 0.3) is 0 Å². The Balaban J connectivity index is 2.28. The number of carbonyl (C=O) groups excluding carboxylic acids is 2. The molecule has 19 heavy (non-hydrogen) atoms. The lowest BCUT2D eigenvalue weighted by atomic mass is 10.1. The van der Waals surface area contributed by atoms with Gasteiger partial charge in [-0.05, 0) is 24.1 Å². The molecule has 0 bridgehead atoms. The maximum atomic E-state index is 11.1. The topological polar surface area (TPSA) is 71.2 Å². The minimum atomic E-state index is -0.346. The number of carbonyl (C=O) groups is 2. The lowest BCUT2D eigenvalue weighted by Crippen LogP contribution is -2.22. The summed E-state index contributed by atoms with van der Waals surface area (Å²) in [5.41, 5.74) is 1.93. The number of aromatic nitrogens is 1. The minimum absolute atomic E-state index is 0.0555. The van der Waals surface area contributed by atoms with Gasteiger partial charge < -0.3 is 15.0 Å². The smallest absolute Gasteiger partial charge is 0.308 e. The van der Waals surface area contributed by atoms with Crippen LogP contribution in [0.3, 0.4) is 0 Å². The molecule has 0 aliphatic heterocycles. The first-order valence-corrected chi connectivity index (χ1v) is 6.09. The Labute approximate surface area is 110 Å². The van der Waals surface area contributed by atoms with E-state index in [1.54, 1.807) is 6.07 Å². The van der Waals surface area contributed by atoms with E-state index in [-0.39, 0.29) is 11.9 Å². The highest BCUT2D eigenvalue weighted by Gasteiger charge is 2.11. The summed E-state index contributed by atoms with van der Waals surface area (Å²) in [6.45, 7) is 3.42. The van der Waals surface area contributed by atoms with Gasteiger partial charge in [0.15, 0.2) is 0 Å². The molecular weight excluding hydrogens is 244 g/mol. The van der Waals surface area contributed by atoms with Gasteiger partial charge in [-0.3, -0.25) is 9.59 Å². The zero-order valence-corrected chi connectivity index (χ0v) is 10.9. The van der Waals surface area contributed by atoms with Crippen LogP contribution in [0.1, 0.15) is 19.4 Å². The molecule has 2 rings (SSSR count). The second-order valence-corrected chi connectivity index (χ2v) is 4.32. The Morgan fingerprint density at radius 2 is 2.11 bits per heavy atom. The lowest BCUT2D eigenvalue weighted by Gasteiger charge is -2.06. The molecule has 0 aliphatic rings. The van der Waals surface area contributed by atoms with Crippen LogP contribution in [0.25, 0.3) is 10.9 Å². The molecule has 1 aromatic carbocycles.